The summed E-state index contributed by atoms with van der Waals surface area (Å²) in [5.41, 5.74) is 0.715. The topological polar surface area (TPSA) is 117 Å². The van der Waals surface area contributed by atoms with Crippen molar-refractivity contribution in [1.82, 2.24) is 9.88 Å². The van der Waals surface area contributed by atoms with E-state index in [9.17, 15) is 23.1 Å². The quantitative estimate of drug-likeness (QED) is 0.525. The number of fused-ring (bicyclic) bond motifs is 2. The van der Waals surface area contributed by atoms with Gasteiger partial charge in [-0.25, -0.2) is 13.4 Å². The SMILES string of the molecule is C[C@H](C(=O)N1CCSCC1)[C@@H]1CC[C@@]2(C)Cc3sc(NC(=O)CS(=O)(=O)c4ccccc4)nc3[C@@H](C)[C@@H]2[C@H]1O. The van der Waals surface area contributed by atoms with Gasteiger partial charge in [0.1, 0.15) is 5.75 Å². The summed E-state index contributed by atoms with van der Waals surface area (Å²) in [6.07, 6.45) is 1.82. The van der Waals surface area contributed by atoms with E-state index in [-0.39, 0.29) is 39.9 Å². The maximum atomic E-state index is 13.3. The number of aliphatic hydroxyl groups is 1. The Hall–Kier alpha value is -1.95. The molecular weight excluding hydrogens is 555 g/mol. The molecule has 1 aromatic heterocycles. The van der Waals surface area contributed by atoms with Crippen LogP contribution in [0, 0.1) is 23.2 Å². The molecule has 0 unspecified atom stereocenters. The number of aromatic nitrogens is 1. The van der Waals surface area contributed by atoms with Gasteiger partial charge in [-0.2, -0.15) is 11.8 Å². The first-order chi connectivity index (χ1) is 18.5. The van der Waals surface area contributed by atoms with Crippen LogP contribution >= 0.6 is 23.1 Å². The predicted octanol–water partition coefficient (Wildman–Crippen LogP) is 3.82. The summed E-state index contributed by atoms with van der Waals surface area (Å²) >= 11 is 3.27. The molecule has 0 bridgehead atoms. The average Bonchev–Trinajstić information content (AvgIpc) is 3.30. The summed E-state index contributed by atoms with van der Waals surface area (Å²) in [4.78, 5) is 33.8. The summed E-state index contributed by atoms with van der Waals surface area (Å²) in [6.45, 7) is 7.82. The van der Waals surface area contributed by atoms with Crippen LogP contribution in [0.1, 0.15) is 50.1 Å². The molecule has 0 radical (unpaired) electrons. The maximum absolute atomic E-state index is 13.3. The number of hydrogen-bond acceptors (Lipinski definition) is 8. The van der Waals surface area contributed by atoms with Crippen LogP contribution in [-0.2, 0) is 25.8 Å². The molecule has 8 nitrogen and oxygen atoms in total. The van der Waals surface area contributed by atoms with Crippen molar-refractivity contribution in [1.29, 1.82) is 0 Å². The van der Waals surface area contributed by atoms with Gasteiger partial charge >= 0.3 is 0 Å². The molecule has 1 saturated heterocycles. The van der Waals surface area contributed by atoms with E-state index in [0.29, 0.717) is 5.13 Å². The van der Waals surface area contributed by atoms with Gasteiger partial charge in [-0.1, -0.05) is 39.0 Å². The first kappa shape index (κ1) is 28.6. The highest BCUT2D eigenvalue weighted by molar-refractivity contribution is 7.99. The zero-order valence-corrected chi connectivity index (χ0v) is 25.1. The number of carbonyl (C=O) groups excluding carboxylic acids is 2. The Kier molecular flexibility index (Phi) is 8.16. The Morgan fingerprint density at radius 3 is 2.62 bits per heavy atom. The van der Waals surface area contributed by atoms with Gasteiger partial charge in [0.05, 0.1) is 16.7 Å². The number of thioether (sulfide) groups is 1. The molecule has 1 aromatic carbocycles. The minimum atomic E-state index is -3.76. The molecule has 39 heavy (non-hydrogen) atoms. The minimum Gasteiger partial charge on any atom is -0.392 e. The number of nitrogens with zero attached hydrogens (tertiary/aromatic N) is 2. The minimum absolute atomic E-state index is 0.0554. The van der Waals surface area contributed by atoms with E-state index >= 15 is 0 Å². The molecule has 0 spiro atoms. The molecule has 2 fully saturated rings. The summed E-state index contributed by atoms with van der Waals surface area (Å²) in [7, 11) is -3.76. The van der Waals surface area contributed by atoms with Crippen LogP contribution in [0.3, 0.4) is 0 Å². The van der Waals surface area contributed by atoms with E-state index < -0.39 is 27.6 Å². The third kappa shape index (κ3) is 5.64. The first-order valence-corrected chi connectivity index (χ1v) is 17.2. The van der Waals surface area contributed by atoms with Crippen LogP contribution in [0.2, 0.25) is 0 Å². The van der Waals surface area contributed by atoms with Crippen molar-refractivity contribution in [3.8, 4) is 0 Å². The lowest BCUT2D eigenvalue weighted by Gasteiger charge is -2.53. The molecule has 2 aliphatic carbocycles. The standard InChI is InChI=1S/C28H37N3O5S3/c1-17(26(34)31-11-13-37-14-12-31)20-9-10-28(3)15-21-24(18(2)23(28)25(20)33)30-27(38-21)29-22(32)16-39(35,36)19-7-5-4-6-8-19/h4-8,17-18,20,23,25,33H,9-16H2,1-3H3,(H,29,30,32)/t17-,18-,20-,23+,25-,28-/m0/s1. The van der Waals surface area contributed by atoms with E-state index in [1.807, 2.05) is 23.6 Å². The van der Waals surface area contributed by atoms with Gasteiger partial charge in [-0.05, 0) is 48.6 Å². The van der Waals surface area contributed by atoms with Crippen LogP contribution in [0.4, 0.5) is 5.13 Å². The molecule has 6 atom stereocenters. The van der Waals surface area contributed by atoms with E-state index in [0.717, 1.165) is 54.4 Å². The maximum Gasteiger partial charge on any atom is 0.241 e. The van der Waals surface area contributed by atoms with Crippen molar-refractivity contribution in [3.63, 3.8) is 0 Å². The molecule has 1 aliphatic heterocycles. The predicted molar refractivity (Wildman–Crippen MR) is 155 cm³/mol. The van der Waals surface area contributed by atoms with Gasteiger partial charge in [-0.3, -0.25) is 9.59 Å². The molecule has 2 aromatic rings. The van der Waals surface area contributed by atoms with E-state index in [4.69, 9.17) is 4.98 Å². The third-order valence-electron chi connectivity index (χ3n) is 8.95. The van der Waals surface area contributed by atoms with E-state index in [1.165, 1.54) is 23.5 Å². The molecule has 212 valence electrons. The lowest BCUT2D eigenvalue weighted by Crippen LogP contribution is -2.54. The molecule has 11 heteroatoms. The highest BCUT2D eigenvalue weighted by Gasteiger charge is 2.54. The number of amides is 2. The smallest absolute Gasteiger partial charge is 0.241 e. The molecule has 2 amide bonds. The van der Waals surface area contributed by atoms with Crippen LogP contribution in [-0.4, -0.2) is 71.7 Å². The number of sulfone groups is 1. The molecule has 2 N–H and O–H groups in total. The van der Waals surface area contributed by atoms with E-state index in [2.05, 4.69) is 19.2 Å². The summed E-state index contributed by atoms with van der Waals surface area (Å²) < 4.78 is 25.3. The molecule has 1 saturated carbocycles. The molecule has 3 aliphatic rings. The largest absolute Gasteiger partial charge is 0.392 e. The highest BCUT2D eigenvalue weighted by atomic mass is 32.2. The van der Waals surface area contributed by atoms with Gasteiger partial charge in [0.15, 0.2) is 15.0 Å². The zero-order chi connectivity index (χ0) is 27.9. The van der Waals surface area contributed by atoms with Crippen molar-refractivity contribution in [2.24, 2.45) is 23.2 Å². The van der Waals surface area contributed by atoms with Crippen LogP contribution in [0.5, 0.6) is 0 Å². The van der Waals surface area contributed by atoms with Gasteiger partial charge < -0.3 is 15.3 Å². The van der Waals surface area contributed by atoms with Crippen molar-refractivity contribution in [2.75, 3.05) is 35.7 Å². The third-order valence-corrected chi connectivity index (χ3v) is 12.5. The second-order valence-electron chi connectivity index (χ2n) is 11.5. The summed E-state index contributed by atoms with van der Waals surface area (Å²) in [5, 5.41) is 14.8. The van der Waals surface area contributed by atoms with Crippen LogP contribution in [0.25, 0.3) is 0 Å². The second-order valence-corrected chi connectivity index (χ2v) is 15.8. The fourth-order valence-electron chi connectivity index (χ4n) is 6.89. The lowest BCUT2D eigenvalue weighted by atomic mass is 9.53. The fourth-order valence-corrected chi connectivity index (χ4v) is 10.2. The number of benzene rings is 1. The Bertz CT molecular complexity index is 1330. The van der Waals surface area contributed by atoms with Gasteiger partial charge in [0, 0.05) is 41.3 Å². The van der Waals surface area contributed by atoms with Gasteiger partial charge in [0.25, 0.3) is 0 Å². The number of nitrogens with one attached hydrogen (secondary N) is 1. The van der Waals surface area contributed by atoms with E-state index in [1.54, 1.807) is 18.2 Å². The zero-order valence-electron chi connectivity index (χ0n) is 22.6. The number of carbonyl (C=O) groups is 2. The average molecular weight is 592 g/mol. The Morgan fingerprint density at radius 2 is 1.92 bits per heavy atom. The number of rotatable bonds is 6. The van der Waals surface area contributed by atoms with Crippen molar-refractivity contribution in [2.45, 2.75) is 57.0 Å². The summed E-state index contributed by atoms with van der Waals surface area (Å²) in [6, 6.07) is 7.94. The van der Waals surface area contributed by atoms with Gasteiger partial charge in [-0.15, -0.1) is 11.3 Å². The number of hydrogen-bond donors (Lipinski definition) is 2. The normalized spacial score (nSPS) is 29.7. The molecular formula is C28H37N3O5S3. The van der Waals surface area contributed by atoms with Crippen molar-refractivity contribution < 1.29 is 23.1 Å². The number of anilines is 1. The number of aliphatic hydroxyl groups excluding tert-OH is 1. The van der Waals surface area contributed by atoms with Crippen molar-refractivity contribution >= 4 is 49.9 Å². The Balaban J connectivity index is 1.30. The molecule has 5 rings (SSSR count). The van der Waals surface area contributed by atoms with Crippen LogP contribution in [0.15, 0.2) is 35.2 Å². The first-order valence-electron chi connectivity index (χ1n) is 13.6. The highest BCUT2D eigenvalue weighted by Crippen LogP contribution is 2.57. The van der Waals surface area contributed by atoms with Gasteiger partial charge in [0.2, 0.25) is 11.8 Å². The Morgan fingerprint density at radius 1 is 1.23 bits per heavy atom. The second kappa shape index (κ2) is 11.1. The summed E-state index contributed by atoms with van der Waals surface area (Å²) in [5.74, 6) is 0.355. The Labute approximate surface area is 238 Å². The monoisotopic (exact) mass is 591 g/mol. The lowest BCUT2D eigenvalue weighted by molar-refractivity contribution is -0.144. The van der Waals surface area contributed by atoms with Crippen molar-refractivity contribution in [3.05, 3.63) is 40.9 Å². The molecule has 2 heterocycles. The fraction of sp³-hybridized carbons (Fsp3) is 0.607. The number of thiazole rings is 1. The van der Waals surface area contributed by atoms with Crippen LogP contribution < -0.4 is 5.32 Å².